The minimum atomic E-state index is -0.584. The standard InChI is InChI=1S/C8H10N2O2S2/c11-7(10-12)4-6-13-14-8-3-1-2-5-9-8/h1,3H,2,4-6H2. The third-order valence-corrected chi connectivity index (χ3v) is 3.76. The molecule has 0 saturated heterocycles. The first kappa shape index (κ1) is 11.5. The maximum Gasteiger partial charge on any atom is 0.287 e. The van der Waals surface area contributed by atoms with E-state index in [9.17, 15) is 9.70 Å². The zero-order chi connectivity index (χ0) is 10.2. The Morgan fingerprint density at radius 2 is 2.50 bits per heavy atom. The van der Waals surface area contributed by atoms with Crippen LogP contribution < -0.4 is 0 Å². The molecule has 0 spiro atoms. The van der Waals surface area contributed by atoms with E-state index in [4.69, 9.17) is 0 Å². The lowest BCUT2D eigenvalue weighted by Crippen LogP contribution is -1.95. The van der Waals surface area contributed by atoms with Crippen LogP contribution in [0.1, 0.15) is 12.8 Å². The molecular weight excluding hydrogens is 220 g/mol. The first-order valence-electron chi connectivity index (χ1n) is 4.19. The van der Waals surface area contributed by atoms with Gasteiger partial charge in [0.1, 0.15) is 5.04 Å². The lowest BCUT2D eigenvalue weighted by atomic mass is 10.3. The highest BCUT2D eigenvalue weighted by Gasteiger charge is 2.03. The number of carbonyl (C=O) groups excluding carboxylic acids is 1. The van der Waals surface area contributed by atoms with Crippen LogP contribution >= 0.6 is 21.6 Å². The van der Waals surface area contributed by atoms with Crippen molar-refractivity contribution in [3.8, 4) is 0 Å². The highest BCUT2D eigenvalue weighted by atomic mass is 33.1. The van der Waals surface area contributed by atoms with E-state index in [1.165, 1.54) is 21.6 Å². The molecule has 6 heteroatoms. The van der Waals surface area contributed by atoms with Crippen LogP contribution in [0.2, 0.25) is 0 Å². The van der Waals surface area contributed by atoms with E-state index in [-0.39, 0.29) is 6.42 Å². The van der Waals surface area contributed by atoms with Gasteiger partial charge in [-0.3, -0.25) is 9.79 Å². The van der Waals surface area contributed by atoms with Gasteiger partial charge in [-0.1, -0.05) is 16.9 Å². The van der Waals surface area contributed by atoms with Crippen LogP contribution in [0.4, 0.5) is 0 Å². The fraction of sp³-hybridized carbons (Fsp3) is 0.500. The van der Waals surface area contributed by atoms with E-state index in [0.717, 1.165) is 18.0 Å². The Bertz CT molecular complexity index is 277. The molecule has 1 rings (SSSR count). The summed E-state index contributed by atoms with van der Waals surface area (Å²) in [6.45, 7) is 0.841. The molecule has 0 N–H and O–H groups in total. The Morgan fingerprint density at radius 1 is 1.64 bits per heavy atom. The number of hydrogen-bond acceptors (Lipinski definition) is 5. The Morgan fingerprint density at radius 3 is 3.14 bits per heavy atom. The maximum atomic E-state index is 10.5. The molecular formula is C8H10N2O2S2. The number of aliphatic imine (C=N–C) groups is 1. The van der Waals surface area contributed by atoms with Crippen LogP contribution in [0.25, 0.3) is 0 Å². The highest BCUT2D eigenvalue weighted by molar-refractivity contribution is 8.82. The van der Waals surface area contributed by atoms with E-state index < -0.39 is 5.91 Å². The molecule has 0 radical (unpaired) electrons. The summed E-state index contributed by atoms with van der Waals surface area (Å²) in [4.78, 5) is 24.5. The van der Waals surface area contributed by atoms with E-state index in [1.807, 2.05) is 6.08 Å². The molecule has 1 aliphatic heterocycles. The number of hydrogen-bond donors (Lipinski definition) is 0. The van der Waals surface area contributed by atoms with Crippen LogP contribution in [0.5, 0.6) is 0 Å². The molecule has 0 fully saturated rings. The van der Waals surface area contributed by atoms with Gasteiger partial charge in [-0.15, -0.1) is 4.91 Å². The van der Waals surface area contributed by atoms with Crippen molar-refractivity contribution in [1.82, 2.24) is 0 Å². The van der Waals surface area contributed by atoms with Gasteiger partial charge in [0, 0.05) is 23.9 Å². The molecule has 1 heterocycles. The van der Waals surface area contributed by atoms with Crippen LogP contribution in [-0.4, -0.2) is 23.2 Å². The van der Waals surface area contributed by atoms with E-state index in [1.54, 1.807) is 0 Å². The second-order valence-corrected chi connectivity index (χ2v) is 4.99. The summed E-state index contributed by atoms with van der Waals surface area (Å²) in [5.74, 6) is 0.0153. The summed E-state index contributed by atoms with van der Waals surface area (Å²) in [6, 6.07) is 0. The van der Waals surface area contributed by atoms with Gasteiger partial charge < -0.3 is 0 Å². The number of amides is 1. The fourth-order valence-corrected chi connectivity index (χ4v) is 2.76. The average Bonchev–Trinajstić information content (AvgIpc) is 2.25. The molecule has 0 unspecified atom stereocenters. The Labute approximate surface area is 90.0 Å². The lowest BCUT2D eigenvalue weighted by molar-refractivity contribution is -0.117. The SMILES string of the molecule is O=NC(=O)CCSSC1=NCCC=C1. The van der Waals surface area contributed by atoms with Gasteiger partial charge in [0.15, 0.2) is 0 Å². The summed E-state index contributed by atoms with van der Waals surface area (Å²) in [7, 11) is 3.05. The topological polar surface area (TPSA) is 58.9 Å². The number of nitrogens with zero attached hydrogens (tertiary/aromatic N) is 2. The molecule has 4 nitrogen and oxygen atoms in total. The molecule has 0 aromatic heterocycles. The van der Waals surface area contributed by atoms with Crippen molar-refractivity contribution in [3.63, 3.8) is 0 Å². The Kier molecular flexibility index (Phi) is 5.55. The number of nitroso groups, excluding NO2 is 1. The monoisotopic (exact) mass is 230 g/mol. The van der Waals surface area contributed by atoms with Crippen molar-refractivity contribution in [2.75, 3.05) is 12.3 Å². The number of carbonyl (C=O) groups is 1. The quantitative estimate of drug-likeness (QED) is 0.423. The van der Waals surface area contributed by atoms with Gasteiger partial charge in [-0.2, -0.15) is 0 Å². The molecule has 1 aliphatic rings. The summed E-state index contributed by atoms with van der Waals surface area (Å²) < 4.78 is 0. The van der Waals surface area contributed by atoms with Crippen molar-refractivity contribution in [3.05, 3.63) is 17.1 Å². The average molecular weight is 230 g/mol. The minimum absolute atomic E-state index is 0.207. The van der Waals surface area contributed by atoms with Gasteiger partial charge >= 0.3 is 0 Å². The summed E-state index contributed by atoms with van der Waals surface area (Å²) in [5.41, 5.74) is 0. The first-order valence-corrected chi connectivity index (χ1v) is 6.51. The normalized spacial score (nSPS) is 15.0. The maximum absolute atomic E-state index is 10.5. The van der Waals surface area contributed by atoms with Gasteiger partial charge in [0.25, 0.3) is 5.91 Å². The Balaban J connectivity index is 2.09. The van der Waals surface area contributed by atoms with Crippen LogP contribution in [0.3, 0.4) is 0 Å². The second kappa shape index (κ2) is 6.78. The zero-order valence-electron chi connectivity index (χ0n) is 7.51. The molecule has 0 saturated carbocycles. The van der Waals surface area contributed by atoms with Crippen LogP contribution in [0, 0.1) is 4.91 Å². The van der Waals surface area contributed by atoms with E-state index >= 15 is 0 Å². The molecule has 0 aromatic carbocycles. The summed E-state index contributed by atoms with van der Waals surface area (Å²) >= 11 is 0. The summed E-state index contributed by atoms with van der Waals surface area (Å²) in [6.07, 6.45) is 5.26. The van der Waals surface area contributed by atoms with Gasteiger partial charge in [-0.25, -0.2) is 0 Å². The fourth-order valence-electron chi connectivity index (χ4n) is 0.817. The minimum Gasteiger partial charge on any atom is -0.277 e. The van der Waals surface area contributed by atoms with Crippen molar-refractivity contribution in [2.24, 2.45) is 10.2 Å². The molecule has 0 aromatic rings. The largest absolute Gasteiger partial charge is 0.287 e. The second-order valence-electron chi connectivity index (χ2n) is 2.55. The molecule has 76 valence electrons. The number of dihydropyridines is 1. The predicted octanol–water partition coefficient (Wildman–Crippen LogP) is 2.41. The third-order valence-electron chi connectivity index (χ3n) is 1.47. The molecule has 1 amide bonds. The van der Waals surface area contributed by atoms with Crippen molar-refractivity contribution in [1.29, 1.82) is 0 Å². The molecule has 0 bridgehead atoms. The van der Waals surface area contributed by atoms with E-state index in [2.05, 4.69) is 16.2 Å². The highest BCUT2D eigenvalue weighted by Crippen LogP contribution is 2.25. The van der Waals surface area contributed by atoms with Crippen molar-refractivity contribution in [2.45, 2.75) is 12.8 Å². The summed E-state index contributed by atoms with van der Waals surface area (Å²) in [5, 5.41) is 3.30. The first-order chi connectivity index (χ1) is 6.83. The van der Waals surface area contributed by atoms with E-state index in [0.29, 0.717) is 5.75 Å². The van der Waals surface area contributed by atoms with Crippen molar-refractivity contribution < 1.29 is 4.79 Å². The molecule has 0 aliphatic carbocycles. The van der Waals surface area contributed by atoms with Crippen LogP contribution in [-0.2, 0) is 4.79 Å². The third kappa shape index (κ3) is 4.57. The van der Waals surface area contributed by atoms with Crippen LogP contribution in [0.15, 0.2) is 22.3 Å². The van der Waals surface area contributed by atoms with Gasteiger partial charge in [0.05, 0.1) is 0 Å². The predicted molar refractivity (Wildman–Crippen MR) is 61.5 cm³/mol. The molecule has 14 heavy (non-hydrogen) atoms. The Hall–Kier alpha value is -0.620. The number of rotatable bonds is 4. The van der Waals surface area contributed by atoms with Crippen molar-refractivity contribution >= 4 is 32.5 Å². The van der Waals surface area contributed by atoms with Gasteiger partial charge in [-0.05, 0) is 23.3 Å². The lowest BCUT2D eigenvalue weighted by Gasteiger charge is -2.03. The van der Waals surface area contributed by atoms with Gasteiger partial charge in [0.2, 0.25) is 0 Å². The molecule has 0 atom stereocenters. The smallest absolute Gasteiger partial charge is 0.277 e. The zero-order valence-corrected chi connectivity index (χ0v) is 9.14.